The van der Waals surface area contributed by atoms with E-state index in [-0.39, 0.29) is 31.1 Å². The van der Waals surface area contributed by atoms with Gasteiger partial charge in [0.2, 0.25) is 0 Å². The minimum atomic E-state index is -0.771. The molecular formula is C70H132O6. The molecule has 0 aliphatic rings. The number of esters is 3. The van der Waals surface area contributed by atoms with Gasteiger partial charge in [-0.1, -0.05) is 321 Å². The van der Waals surface area contributed by atoms with Gasteiger partial charge in [0.15, 0.2) is 6.10 Å². The van der Waals surface area contributed by atoms with Crippen LogP contribution in [0.5, 0.6) is 0 Å². The van der Waals surface area contributed by atoms with E-state index in [1.165, 1.54) is 289 Å². The zero-order chi connectivity index (χ0) is 55.0. The van der Waals surface area contributed by atoms with Crippen molar-refractivity contribution < 1.29 is 28.6 Å². The van der Waals surface area contributed by atoms with Crippen LogP contribution in [0.15, 0.2) is 24.3 Å². The Morgan fingerprint density at radius 3 is 0.658 bits per heavy atom. The van der Waals surface area contributed by atoms with Crippen molar-refractivity contribution in [2.75, 3.05) is 13.2 Å². The lowest BCUT2D eigenvalue weighted by atomic mass is 10.0. The zero-order valence-electron chi connectivity index (χ0n) is 51.6. The summed E-state index contributed by atoms with van der Waals surface area (Å²) in [7, 11) is 0. The molecule has 0 saturated heterocycles. The Kier molecular flexibility index (Phi) is 63.6. The second kappa shape index (κ2) is 65.4. The number of hydrogen-bond donors (Lipinski definition) is 0. The standard InChI is InChI=1S/C70H132O6/c1-4-7-10-13-16-19-22-25-28-31-33-34-35-36-37-40-42-45-48-51-54-57-60-63-69(72)75-66-67(65-74-68(71)62-59-56-53-50-47-44-41-38-30-27-24-21-18-15-12-9-6-3)76-70(73)64-61-58-55-52-49-46-43-39-32-29-26-23-20-17-14-11-8-5-2/h27,30-31,33,67H,4-26,28-29,32,34-66H2,1-3H3/b30-27-,33-31-. The summed E-state index contributed by atoms with van der Waals surface area (Å²) >= 11 is 0. The topological polar surface area (TPSA) is 78.9 Å². The van der Waals surface area contributed by atoms with E-state index in [1.807, 2.05) is 0 Å². The van der Waals surface area contributed by atoms with Crippen molar-refractivity contribution in [3.63, 3.8) is 0 Å². The highest BCUT2D eigenvalue weighted by molar-refractivity contribution is 5.71. The SMILES string of the molecule is CCCCCCCC/C=C\CCCCCCCCCC(=O)OCC(COC(=O)CCCCCCCCCCCCC/C=C\CCCCCCCCCC)OC(=O)CCCCCCCCCCCCCCCCCCCC. The normalized spacial score (nSPS) is 12.1. The first kappa shape index (κ1) is 73.9. The average Bonchev–Trinajstić information content (AvgIpc) is 3.42. The lowest BCUT2D eigenvalue weighted by molar-refractivity contribution is -0.167. The first-order valence-electron chi connectivity index (χ1n) is 34.3. The molecule has 448 valence electrons. The van der Waals surface area contributed by atoms with Gasteiger partial charge in [0, 0.05) is 19.3 Å². The van der Waals surface area contributed by atoms with Gasteiger partial charge in [-0.05, 0) is 70.6 Å². The highest BCUT2D eigenvalue weighted by atomic mass is 16.6. The number of carbonyl (C=O) groups is 3. The van der Waals surface area contributed by atoms with E-state index in [9.17, 15) is 14.4 Å². The smallest absolute Gasteiger partial charge is 0.306 e. The molecule has 0 aromatic carbocycles. The van der Waals surface area contributed by atoms with Crippen molar-refractivity contribution in [3.05, 3.63) is 24.3 Å². The van der Waals surface area contributed by atoms with Gasteiger partial charge in [-0.15, -0.1) is 0 Å². The molecule has 0 rings (SSSR count). The molecule has 0 aromatic heterocycles. The van der Waals surface area contributed by atoms with Crippen molar-refractivity contribution in [1.29, 1.82) is 0 Å². The van der Waals surface area contributed by atoms with Crippen LogP contribution in [0.3, 0.4) is 0 Å². The van der Waals surface area contributed by atoms with E-state index in [2.05, 4.69) is 45.1 Å². The second-order valence-electron chi connectivity index (χ2n) is 23.4. The molecule has 0 aromatic rings. The third-order valence-corrected chi connectivity index (χ3v) is 15.7. The molecule has 0 spiro atoms. The van der Waals surface area contributed by atoms with Crippen LogP contribution in [0.2, 0.25) is 0 Å². The maximum Gasteiger partial charge on any atom is 0.306 e. The van der Waals surface area contributed by atoms with E-state index in [1.54, 1.807) is 0 Å². The third kappa shape index (κ3) is 62.7. The van der Waals surface area contributed by atoms with E-state index in [0.717, 1.165) is 57.8 Å². The summed E-state index contributed by atoms with van der Waals surface area (Å²) in [5.74, 6) is -0.842. The third-order valence-electron chi connectivity index (χ3n) is 15.7. The molecule has 76 heavy (non-hydrogen) atoms. The Morgan fingerprint density at radius 1 is 0.250 bits per heavy atom. The number of rotatable bonds is 64. The average molecular weight is 1070 g/mol. The Morgan fingerprint density at radius 2 is 0.434 bits per heavy atom. The molecule has 0 N–H and O–H groups in total. The van der Waals surface area contributed by atoms with Crippen molar-refractivity contribution in [2.45, 2.75) is 393 Å². The highest BCUT2D eigenvalue weighted by Crippen LogP contribution is 2.18. The Hall–Kier alpha value is -2.11. The number of allylic oxidation sites excluding steroid dienone is 4. The summed E-state index contributed by atoms with van der Waals surface area (Å²) in [6.07, 6.45) is 79.1. The Bertz CT molecular complexity index is 1230. The van der Waals surface area contributed by atoms with Crippen LogP contribution in [0.4, 0.5) is 0 Å². The van der Waals surface area contributed by atoms with Gasteiger partial charge >= 0.3 is 17.9 Å². The van der Waals surface area contributed by atoms with Gasteiger partial charge in [0.1, 0.15) is 13.2 Å². The molecule has 6 heteroatoms. The molecule has 0 bridgehead atoms. The summed E-state index contributed by atoms with van der Waals surface area (Å²) in [4.78, 5) is 38.4. The van der Waals surface area contributed by atoms with Gasteiger partial charge in [-0.25, -0.2) is 0 Å². The molecule has 1 atom stereocenters. The van der Waals surface area contributed by atoms with Gasteiger partial charge in [0.25, 0.3) is 0 Å². The van der Waals surface area contributed by atoms with E-state index < -0.39 is 6.10 Å². The fraction of sp³-hybridized carbons (Fsp3) is 0.900. The minimum Gasteiger partial charge on any atom is -0.462 e. The number of ether oxygens (including phenoxy) is 3. The number of carbonyl (C=O) groups excluding carboxylic acids is 3. The fourth-order valence-corrected chi connectivity index (χ4v) is 10.5. The Labute approximate surface area is 474 Å². The fourth-order valence-electron chi connectivity index (χ4n) is 10.5. The van der Waals surface area contributed by atoms with Gasteiger partial charge in [-0.2, -0.15) is 0 Å². The monoisotopic (exact) mass is 1070 g/mol. The largest absolute Gasteiger partial charge is 0.462 e. The Balaban J connectivity index is 4.29. The predicted molar refractivity (Wildman–Crippen MR) is 330 cm³/mol. The molecule has 0 aliphatic heterocycles. The van der Waals surface area contributed by atoms with E-state index in [4.69, 9.17) is 14.2 Å². The molecule has 0 saturated carbocycles. The minimum absolute atomic E-state index is 0.0675. The van der Waals surface area contributed by atoms with Crippen LogP contribution in [0, 0.1) is 0 Å². The molecule has 6 nitrogen and oxygen atoms in total. The predicted octanol–water partition coefficient (Wildman–Crippen LogP) is 23.4. The molecule has 0 amide bonds. The molecular weight excluding hydrogens is 937 g/mol. The summed E-state index contributed by atoms with van der Waals surface area (Å²) in [5, 5.41) is 0. The van der Waals surface area contributed by atoms with Crippen LogP contribution in [-0.2, 0) is 28.6 Å². The van der Waals surface area contributed by atoms with Crippen LogP contribution in [0.1, 0.15) is 387 Å². The van der Waals surface area contributed by atoms with Gasteiger partial charge in [0.05, 0.1) is 0 Å². The zero-order valence-corrected chi connectivity index (χ0v) is 51.6. The highest BCUT2D eigenvalue weighted by Gasteiger charge is 2.19. The quantitative estimate of drug-likeness (QED) is 0.0261. The molecule has 0 heterocycles. The van der Waals surface area contributed by atoms with Crippen LogP contribution < -0.4 is 0 Å². The van der Waals surface area contributed by atoms with Crippen molar-refractivity contribution in [3.8, 4) is 0 Å². The van der Waals surface area contributed by atoms with Crippen molar-refractivity contribution in [2.24, 2.45) is 0 Å². The summed E-state index contributed by atoms with van der Waals surface area (Å²) in [5.41, 5.74) is 0. The number of hydrogen-bond acceptors (Lipinski definition) is 6. The van der Waals surface area contributed by atoms with Crippen LogP contribution in [0.25, 0.3) is 0 Å². The summed E-state index contributed by atoms with van der Waals surface area (Å²) in [6, 6.07) is 0. The number of unbranched alkanes of at least 4 members (excludes halogenated alkanes) is 49. The molecule has 1 unspecified atom stereocenters. The van der Waals surface area contributed by atoms with Gasteiger partial charge < -0.3 is 14.2 Å². The maximum absolute atomic E-state index is 12.9. The lowest BCUT2D eigenvalue weighted by Gasteiger charge is -2.18. The van der Waals surface area contributed by atoms with E-state index >= 15 is 0 Å². The van der Waals surface area contributed by atoms with E-state index in [0.29, 0.717) is 19.3 Å². The van der Waals surface area contributed by atoms with Crippen molar-refractivity contribution >= 4 is 17.9 Å². The first-order valence-corrected chi connectivity index (χ1v) is 34.3. The molecule has 0 fully saturated rings. The molecule has 0 aliphatic carbocycles. The second-order valence-corrected chi connectivity index (χ2v) is 23.4. The van der Waals surface area contributed by atoms with Crippen LogP contribution in [-0.4, -0.2) is 37.2 Å². The summed E-state index contributed by atoms with van der Waals surface area (Å²) in [6.45, 7) is 6.71. The maximum atomic E-state index is 12.9. The summed E-state index contributed by atoms with van der Waals surface area (Å²) < 4.78 is 17.0. The first-order chi connectivity index (χ1) is 37.5. The molecule has 0 radical (unpaired) electrons. The van der Waals surface area contributed by atoms with Crippen molar-refractivity contribution in [1.82, 2.24) is 0 Å². The lowest BCUT2D eigenvalue weighted by Crippen LogP contribution is -2.30. The van der Waals surface area contributed by atoms with Crippen LogP contribution >= 0.6 is 0 Å². The van der Waals surface area contributed by atoms with Gasteiger partial charge in [-0.3, -0.25) is 14.4 Å².